The molecule has 0 saturated carbocycles. The van der Waals surface area contributed by atoms with Crippen molar-refractivity contribution in [3.8, 4) is 5.75 Å². The number of hydrogen-bond donors (Lipinski definition) is 4. The fourth-order valence-electron chi connectivity index (χ4n) is 3.68. The molecule has 0 bridgehead atoms. The Bertz CT molecular complexity index is 1280. The number of benzene rings is 3. The van der Waals surface area contributed by atoms with Crippen molar-refractivity contribution in [3.63, 3.8) is 0 Å². The molecule has 4 N–H and O–H groups in total. The number of urea groups is 1. The number of carbonyl (C=O) groups is 3. The summed E-state index contributed by atoms with van der Waals surface area (Å²) in [4.78, 5) is 35.8. The maximum atomic E-state index is 12.9. The van der Waals surface area contributed by atoms with Gasteiger partial charge in [0.1, 0.15) is 5.75 Å². The second kappa shape index (κ2) is 12.8. The molecule has 0 aromatic heterocycles. The van der Waals surface area contributed by atoms with Crippen molar-refractivity contribution < 1.29 is 37.4 Å². The van der Waals surface area contributed by atoms with Crippen LogP contribution in [0.1, 0.15) is 59.3 Å². The first-order valence-electron chi connectivity index (χ1n) is 12.0. The lowest BCUT2D eigenvalue weighted by Crippen LogP contribution is -2.33. The number of ether oxygens (including phenoxy) is 1. The standard InChI is InChI=1S/C28H28F3N3O5/c1-17(2)18-3-5-19(6-4-18)25(20-7-9-21(10-8-20)26(37)32-16-15-24(35)36)34-27(38)33-22-11-13-23(14-12-22)39-28(29,30)31/h3-14,17,25H,15-16H2,1-2H3,(H,32,37)(H,35,36)(H2,33,34,38). The van der Waals surface area contributed by atoms with Gasteiger partial charge in [-0.15, -0.1) is 13.2 Å². The van der Waals surface area contributed by atoms with Crippen LogP contribution in [0.3, 0.4) is 0 Å². The van der Waals surface area contributed by atoms with Crippen LogP contribution in [0, 0.1) is 0 Å². The molecule has 0 spiro atoms. The van der Waals surface area contributed by atoms with E-state index < -0.39 is 36.1 Å². The van der Waals surface area contributed by atoms with Gasteiger partial charge in [-0.2, -0.15) is 0 Å². The van der Waals surface area contributed by atoms with Gasteiger partial charge in [-0.25, -0.2) is 4.79 Å². The molecule has 3 aromatic carbocycles. The molecule has 3 amide bonds. The van der Waals surface area contributed by atoms with Gasteiger partial charge in [0.05, 0.1) is 12.5 Å². The molecule has 3 aromatic rings. The van der Waals surface area contributed by atoms with Crippen molar-refractivity contribution in [3.05, 3.63) is 95.1 Å². The molecule has 0 radical (unpaired) electrons. The summed E-state index contributed by atoms with van der Waals surface area (Å²) in [6.45, 7) is 4.11. The molecule has 3 rings (SSSR count). The van der Waals surface area contributed by atoms with E-state index in [9.17, 15) is 27.6 Å². The number of carboxylic acid groups (broad SMARTS) is 1. The fraction of sp³-hybridized carbons (Fsp3) is 0.250. The van der Waals surface area contributed by atoms with Gasteiger partial charge >= 0.3 is 18.4 Å². The van der Waals surface area contributed by atoms with E-state index in [1.54, 1.807) is 24.3 Å². The van der Waals surface area contributed by atoms with Gasteiger partial charge < -0.3 is 25.8 Å². The van der Waals surface area contributed by atoms with Gasteiger partial charge in [0.2, 0.25) is 0 Å². The normalized spacial score (nSPS) is 11.9. The summed E-state index contributed by atoms with van der Waals surface area (Å²) >= 11 is 0. The molecule has 0 heterocycles. The molecule has 39 heavy (non-hydrogen) atoms. The SMILES string of the molecule is CC(C)c1ccc(C(NC(=O)Nc2ccc(OC(F)(F)F)cc2)c2ccc(C(=O)NCCC(=O)O)cc2)cc1. The molecule has 1 unspecified atom stereocenters. The van der Waals surface area contributed by atoms with Gasteiger partial charge in [0.15, 0.2) is 0 Å². The van der Waals surface area contributed by atoms with E-state index in [4.69, 9.17) is 5.11 Å². The third kappa shape index (κ3) is 9.06. The van der Waals surface area contributed by atoms with Crippen LogP contribution >= 0.6 is 0 Å². The van der Waals surface area contributed by atoms with E-state index in [1.807, 2.05) is 24.3 Å². The number of amides is 3. The largest absolute Gasteiger partial charge is 0.573 e. The molecule has 11 heteroatoms. The van der Waals surface area contributed by atoms with Crippen molar-refractivity contribution in [1.82, 2.24) is 10.6 Å². The summed E-state index contributed by atoms with van der Waals surface area (Å²) in [5.41, 5.74) is 3.12. The monoisotopic (exact) mass is 543 g/mol. The molecule has 0 aliphatic heterocycles. The first-order valence-corrected chi connectivity index (χ1v) is 12.0. The maximum Gasteiger partial charge on any atom is 0.573 e. The summed E-state index contributed by atoms with van der Waals surface area (Å²) in [6, 6.07) is 17.7. The summed E-state index contributed by atoms with van der Waals surface area (Å²) in [6.07, 6.45) is -5.02. The van der Waals surface area contributed by atoms with E-state index in [1.165, 1.54) is 12.1 Å². The highest BCUT2D eigenvalue weighted by molar-refractivity contribution is 5.94. The first kappa shape index (κ1) is 29.0. The average molecular weight is 544 g/mol. The third-order valence-electron chi connectivity index (χ3n) is 5.69. The van der Waals surface area contributed by atoms with Gasteiger partial charge in [0, 0.05) is 17.8 Å². The Labute approximate surface area is 223 Å². The van der Waals surface area contributed by atoms with E-state index >= 15 is 0 Å². The minimum absolute atomic E-state index is 0.00816. The predicted octanol–water partition coefficient (Wildman–Crippen LogP) is 5.82. The second-order valence-electron chi connectivity index (χ2n) is 8.95. The zero-order valence-corrected chi connectivity index (χ0v) is 21.2. The quantitative estimate of drug-likeness (QED) is 0.257. The van der Waals surface area contributed by atoms with Crippen LogP contribution in [0.5, 0.6) is 5.75 Å². The highest BCUT2D eigenvalue weighted by atomic mass is 19.4. The van der Waals surface area contributed by atoms with Crippen LogP contribution in [0.4, 0.5) is 23.7 Å². The van der Waals surface area contributed by atoms with Gasteiger partial charge in [-0.3, -0.25) is 9.59 Å². The summed E-state index contributed by atoms with van der Waals surface area (Å²) in [5, 5.41) is 16.7. The Balaban J connectivity index is 1.77. The van der Waals surface area contributed by atoms with E-state index in [0.29, 0.717) is 17.0 Å². The van der Waals surface area contributed by atoms with Crippen LogP contribution in [0.2, 0.25) is 0 Å². The number of halogens is 3. The zero-order valence-electron chi connectivity index (χ0n) is 21.2. The lowest BCUT2D eigenvalue weighted by molar-refractivity contribution is -0.274. The molecule has 0 fully saturated rings. The summed E-state index contributed by atoms with van der Waals surface area (Å²) < 4.78 is 41.0. The molecule has 0 saturated heterocycles. The molecule has 0 aliphatic carbocycles. The minimum Gasteiger partial charge on any atom is -0.481 e. The van der Waals surface area contributed by atoms with Crippen LogP contribution in [0.15, 0.2) is 72.8 Å². The van der Waals surface area contributed by atoms with E-state index in [2.05, 4.69) is 34.5 Å². The van der Waals surface area contributed by atoms with Crippen molar-refractivity contribution in [1.29, 1.82) is 0 Å². The summed E-state index contributed by atoms with van der Waals surface area (Å²) in [5.74, 6) is -1.56. The molecule has 1 atom stereocenters. The molecule has 8 nitrogen and oxygen atoms in total. The highest BCUT2D eigenvalue weighted by Gasteiger charge is 2.31. The number of carboxylic acids is 1. The lowest BCUT2D eigenvalue weighted by atomic mass is 9.94. The van der Waals surface area contributed by atoms with Crippen LogP contribution in [-0.4, -0.2) is 35.9 Å². The molecular formula is C28H28F3N3O5. The Morgan fingerprint density at radius 3 is 1.90 bits per heavy atom. The number of aliphatic carboxylic acids is 1. The molecule has 206 valence electrons. The predicted molar refractivity (Wildman–Crippen MR) is 139 cm³/mol. The third-order valence-corrected chi connectivity index (χ3v) is 5.69. The zero-order chi connectivity index (χ0) is 28.6. The number of rotatable bonds is 10. The van der Waals surface area contributed by atoms with Crippen molar-refractivity contribution in [2.24, 2.45) is 0 Å². The Morgan fingerprint density at radius 2 is 1.38 bits per heavy atom. The number of nitrogens with one attached hydrogen (secondary N) is 3. The minimum atomic E-state index is -4.82. The van der Waals surface area contributed by atoms with Crippen LogP contribution < -0.4 is 20.7 Å². The van der Waals surface area contributed by atoms with Crippen LogP contribution in [0.25, 0.3) is 0 Å². The molecule has 0 aliphatic rings. The van der Waals surface area contributed by atoms with Crippen LogP contribution in [-0.2, 0) is 4.79 Å². The van der Waals surface area contributed by atoms with Gasteiger partial charge in [-0.05, 0) is 59.0 Å². The highest BCUT2D eigenvalue weighted by Crippen LogP contribution is 2.26. The maximum absolute atomic E-state index is 12.9. The Morgan fingerprint density at radius 1 is 0.846 bits per heavy atom. The van der Waals surface area contributed by atoms with E-state index in [-0.39, 0.29) is 18.7 Å². The second-order valence-corrected chi connectivity index (χ2v) is 8.95. The van der Waals surface area contributed by atoms with Gasteiger partial charge in [0.25, 0.3) is 5.91 Å². The van der Waals surface area contributed by atoms with Crippen molar-refractivity contribution in [2.45, 2.75) is 38.6 Å². The van der Waals surface area contributed by atoms with Gasteiger partial charge in [-0.1, -0.05) is 50.2 Å². The fourth-order valence-corrected chi connectivity index (χ4v) is 3.68. The van der Waals surface area contributed by atoms with Crippen molar-refractivity contribution in [2.75, 3.05) is 11.9 Å². The number of alkyl halides is 3. The van der Waals surface area contributed by atoms with Crippen molar-refractivity contribution >= 4 is 23.6 Å². The Kier molecular flexibility index (Phi) is 9.53. The Hall–Kier alpha value is -4.54. The number of carbonyl (C=O) groups excluding carboxylic acids is 2. The smallest absolute Gasteiger partial charge is 0.481 e. The topological polar surface area (TPSA) is 117 Å². The average Bonchev–Trinajstić information content (AvgIpc) is 2.87. The van der Waals surface area contributed by atoms with E-state index in [0.717, 1.165) is 23.3 Å². The number of anilines is 1. The molecular weight excluding hydrogens is 515 g/mol. The lowest BCUT2D eigenvalue weighted by Gasteiger charge is -2.21. The number of hydrogen-bond acceptors (Lipinski definition) is 4. The first-order chi connectivity index (χ1) is 18.4. The summed E-state index contributed by atoms with van der Waals surface area (Å²) in [7, 11) is 0.